The zero-order valence-corrected chi connectivity index (χ0v) is 14.3. The minimum Gasteiger partial charge on any atom is -0.460 e. The van der Waals surface area contributed by atoms with E-state index in [1.165, 1.54) is 0 Å². The van der Waals surface area contributed by atoms with Gasteiger partial charge in [0.2, 0.25) is 6.54 Å². The van der Waals surface area contributed by atoms with E-state index in [4.69, 9.17) is 16.3 Å². The van der Waals surface area contributed by atoms with Crippen LogP contribution in [0.4, 0.5) is 0 Å². The molecule has 0 aliphatic carbocycles. The van der Waals surface area contributed by atoms with Crippen LogP contribution in [0.3, 0.4) is 0 Å². The van der Waals surface area contributed by atoms with Gasteiger partial charge in [0.05, 0.1) is 11.3 Å². The van der Waals surface area contributed by atoms with Gasteiger partial charge in [-0.2, -0.15) is 0 Å². The van der Waals surface area contributed by atoms with E-state index < -0.39 is 34.4 Å². The van der Waals surface area contributed by atoms with E-state index in [1.807, 2.05) is 0 Å². The highest BCUT2D eigenvalue weighted by atomic mass is 35.5. The SMILES string of the molecule is CC(C)(C)OC(=O)C(C)(C)C(C[N+](=O)[O-])c1ccccc1Cl. The minimum absolute atomic E-state index is 0.393. The predicted molar refractivity (Wildman–Crippen MR) is 85.7 cm³/mol. The van der Waals surface area contributed by atoms with Crippen molar-refractivity contribution in [3.05, 3.63) is 45.0 Å². The normalized spacial score (nSPS) is 13.5. The smallest absolute Gasteiger partial charge is 0.312 e. The molecule has 1 rings (SSSR count). The summed E-state index contributed by atoms with van der Waals surface area (Å²) in [6, 6.07) is 6.87. The summed E-state index contributed by atoms with van der Waals surface area (Å²) in [6.45, 7) is 8.20. The number of rotatable bonds is 5. The number of hydrogen-bond donors (Lipinski definition) is 0. The van der Waals surface area contributed by atoms with Crippen molar-refractivity contribution >= 4 is 17.6 Å². The second kappa shape index (κ2) is 6.65. The van der Waals surface area contributed by atoms with E-state index in [1.54, 1.807) is 58.9 Å². The summed E-state index contributed by atoms with van der Waals surface area (Å²) in [4.78, 5) is 23.1. The zero-order valence-electron chi connectivity index (χ0n) is 13.6. The van der Waals surface area contributed by atoms with Crippen molar-refractivity contribution in [3.63, 3.8) is 0 Å². The van der Waals surface area contributed by atoms with E-state index in [9.17, 15) is 14.9 Å². The highest BCUT2D eigenvalue weighted by Gasteiger charge is 2.44. The van der Waals surface area contributed by atoms with Gasteiger partial charge >= 0.3 is 5.97 Å². The molecule has 0 bridgehead atoms. The van der Waals surface area contributed by atoms with Gasteiger partial charge in [0.15, 0.2) is 0 Å². The average Bonchev–Trinajstić information content (AvgIpc) is 2.34. The summed E-state index contributed by atoms with van der Waals surface area (Å²) < 4.78 is 5.42. The first-order valence-corrected chi connectivity index (χ1v) is 7.42. The minimum atomic E-state index is -1.08. The van der Waals surface area contributed by atoms with Gasteiger partial charge < -0.3 is 4.74 Å². The van der Waals surface area contributed by atoms with Crippen LogP contribution in [0, 0.1) is 15.5 Å². The molecule has 0 N–H and O–H groups in total. The molecule has 0 aliphatic heterocycles. The van der Waals surface area contributed by atoms with Crippen molar-refractivity contribution in [3.8, 4) is 0 Å². The maximum absolute atomic E-state index is 12.5. The Morgan fingerprint density at radius 1 is 1.27 bits per heavy atom. The second-order valence-corrected chi connectivity index (χ2v) is 7.22. The van der Waals surface area contributed by atoms with Gasteiger partial charge in [0.25, 0.3) is 0 Å². The number of hydrogen-bond acceptors (Lipinski definition) is 4. The van der Waals surface area contributed by atoms with Gasteiger partial charge in [0.1, 0.15) is 5.60 Å². The maximum Gasteiger partial charge on any atom is 0.312 e. The summed E-state index contributed by atoms with van der Waals surface area (Å²) in [5.74, 6) is -1.15. The molecule has 1 unspecified atom stereocenters. The van der Waals surface area contributed by atoms with Crippen LogP contribution in [0.2, 0.25) is 5.02 Å². The van der Waals surface area contributed by atoms with Crippen molar-refractivity contribution in [2.75, 3.05) is 6.54 Å². The van der Waals surface area contributed by atoms with Gasteiger partial charge in [0, 0.05) is 9.95 Å². The Balaban J connectivity index is 3.23. The third kappa shape index (κ3) is 4.70. The van der Waals surface area contributed by atoms with Gasteiger partial charge in [-0.25, -0.2) is 0 Å². The molecule has 0 spiro atoms. The quantitative estimate of drug-likeness (QED) is 0.464. The van der Waals surface area contributed by atoms with E-state index >= 15 is 0 Å². The third-order valence-electron chi connectivity index (χ3n) is 3.41. The Labute approximate surface area is 135 Å². The highest BCUT2D eigenvalue weighted by molar-refractivity contribution is 6.31. The van der Waals surface area contributed by atoms with Crippen LogP contribution in [-0.4, -0.2) is 23.0 Å². The van der Waals surface area contributed by atoms with E-state index in [0.717, 1.165) is 0 Å². The number of halogens is 1. The van der Waals surface area contributed by atoms with E-state index in [0.29, 0.717) is 10.6 Å². The first-order chi connectivity index (χ1) is 9.95. The fraction of sp³-hybridized carbons (Fsp3) is 0.562. The molecule has 1 aromatic rings. The first kappa shape index (κ1) is 18.4. The van der Waals surface area contributed by atoms with Crippen molar-refractivity contribution < 1.29 is 14.5 Å². The molecule has 0 aliphatic rings. The predicted octanol–water partition coefficient (Wildman–Crippen LogP) is 4.07. The molecule has 0 saturated carbocycles. The molecule has 0 fully saturated rings. The van der Waals surface area contributed by atoms with Gasteiger partial charge in [-0.15, -0.1) is 0 Å². The van der Waals surface area contributed by atoms with Gasteiger partial charge in [-0.1, -0.05) is 29.8 Å². The Morgan fingerprint density at radius 3 is 2.27 bits per heavy atom. The fourth-order valence-corrected chi connectivity index (χ4v) is 2.44. The lowest BCUT2D eigenvalue weighted by Crippen LogP contribution is -2.40. The van der Waals surface area contributed by atoms with E-state index in [2.05, 4.69) is 0 Å². The monoisotopic (exact) mass is 327 g/mol. The maximum atomic E-state index is 12.5. The molecule has 0 amide bonds. The van der Waals surface area contributed by atoms with Crippen LogP contribution in [0.15, 0.2) is 24.3 Å². The number of nitrogens with zero attached hydrogens (tertiary/aromatic N) is 1. The lowest BCUT2D eigenvalue weighted by molar-refractivity contribution is -0.485. The van der Waals surface area contributed by atoms with E-state index in [-0.39, 0.29) is 0 Å². The van der Waals surface area contributed by atoms with Crippen molar-refractivity contribution in [2.45, 2.75) is 46.1 Å². The van der Waals surface area contributed by atoms with Crippen LogP contribution >= 0.6 is 11.6 Å². The van der Waals surface area contributed by atoms with Crippen LogP contribution < -0.4 is 0 Å². The van der Waals surface area contributed by atoms with Gasteiger partial charge in [-0.3, -0.25) is 14.9 Å². The number of carbonyl (C=O) groups is 1. The van der Waals surface area contributed by atoms with Crippen LogP contribution in [0.1, 0.15) is 46.1 Å². The van der Waals surface area contributed by atoms with Crippen LogP contribution in [-0.2, 0) is 9.53 Å². The van der Waals surface area contributed by atoms with Crippen molar-refractivity contribution in [2.24, 2.45) is 5.41 Å². The fourth-order valence-electron chi connectivity index (χ4n) is 2.17. The third-order valence-corrected chi connectivity index (χ3v) is 3.75. The molecule has 1 atom stereocenters. The summed E-state index contributed by atoms with van der Waals surface area (Å²) in [6.07, 6.45) is 0. The summed E-state index contributed by atoms with van der Waals surface area (Å²) >= 11 is 6.17. The molecular formula is C16H22ClNO4. The summed E-state index contributed by atoms with van der Waals surface area (Å²) in [7, 11) is 0. The summed E-state index contributed by atoms with van der Waals surface area (Å²) in [5, 5.41) is 11.5. The number of benzene rings is 1. The van der Waals surface area contributed by atoms with Gasteiger partial charge in [-0.05, 0) is 46.2 Å². The largest absolute Gasteiger partial charge is 0.460 e. The number of carbonyl (C=O) groups excluding carboxylic acids is 1. The highest BCUT2D eigenvalue weighted by Crippen LogP contribution is 2.40. The average molecular weight is 328 g/mol. The van der Waals surface area contributed by atoms with Crippen LogP contribution in [0.5, 0.6) is 0 Å². The Morgan fingerprint density at radius 2 is 1.82 bits per heavy atom. The molecule has 22 heavy (non-hydrogen) atoms. The molecular weight excluding hydrogens is 306 g/mol. The molecule has 1 aromatic carbocycles. The molecule has 0 radical (unpaired) electrons. The molecule has 0 aromatic heterocycles. The topological polar surface area (TPSA) is 69.4 Å². The lowest BCUT2D eigenvalue weighted by atomic mass is 9.74. The Hall–Kier alpha value is -1.62. The molecule has 0 saturated heterocycles. The number of nitro groups is 1. The molecule has 122 valence electrons. The van der Waals surface area contributed by atoms with Crippen LogP contribution in [0.25, 0.3) is 0 Å². The molecule has 6 heteroatoms. The van der Waals surface area contributed by atoms with Crippen molar-refractivity contribution in [1.29, 1.82) is 0 Å². The standard InChI is InChI=1S/C16H22ClNO4/c1-15(2,3)22-14(19)16(4,5)12(10-18(20)21)11-8-6-7-9-13(11)17/h6-9,12H,10H2,1-5H3. The zero-order chi connectivity index (χ0) is 17.1. The summed E-state index contributed by atoms with van der Waals surface area (Å²) in [5.41, 5.74) is -1.16. The number of esters is 1. The molecule has 0 heterocycles. The Kier molecular flexibility index (Phi) is 5.57. The second-order valence-electron chi connectivity index (χ2n) is 6.81. The number of ether oxygens (including phenoxy) is 1. The lowest BCUT2D eigenvalue weighted by Gasteiger charge is -2.33. The molecule has 5 nitrogen and oxygen atoms in total. The Bertz CT molecular complexity index is 564. The van der Waals surface area contributed by atoms with Crippen molar-refractivity contribution in [1.82, 2.24) is 0 Å². The first-order valence-electron chi connectivity index (χ1n) is 7.05.